The average molecular weight is 402 g/mol. The van der Waals surface area contributed by atoms with Crippen LogP contribution in [-0.2, 0) is 0 Å². The highest BCUT2D eigenvalue weighted by molar-refractivity contribution is 5.87. The summed E-state index contributed by atoms with van der Waals surface area (Å²) in [4.78, 5) is 19.4. The van der Waals surface area contributed by atoms with Crippen LogP contribution in [0.5, 0.6) is 5.75 Å². The van der Waals surface area contributed by atoms with Gasteiger partial charge in [0.15, 0.2) is 0 Å². The van der Waals surface area contributed by atoms with Gasteiger partial charge in [0.05, 0.1) is 0 Å². The van der Waals surface area contributed by atoms with Crippen LogP contribution in [0.2, 0.25) is 0 Å². The van der Waals surface area contributed by atoms with E-state index in [-0.39, 0.29) is 0 Å². The van der Waals surface area contributed by atoms with Gasteiger partial charge in [-0.05, 0) is 39.6 Å². The molecule has 0 aliphatic carbocycles. The molecular weight excluding hydrogens is 384 g/mol. The summed E-state index contributed by atoms with van der Waals surface area (Å²) < 4.78 is 4.88. The summed E-state index contributed by atoms with van der Waals surface area (Å²) in [6.45, 7) is 0. The van der Waals surface area contributed by atoms with Crippen LogP contribution in [0, 0.1) is 0 Å². The maximum atomic E-state index is 10.9. The van der Waals surface area contributed by atoms with Gasteiger partial charge in [0, 0.05) is 5.56 Å². The fourth-order valence-corrected chi connectivity index (χ4v) is 3.10. The Morgan fingerprint density at radius 2 is 1.13 bits per heavy atom. The zero-order valence-electron chi connectivity index (χ0n) is 15.7. The molecule has 0 amide bonds. The summed E-state index contributed by atoms with van der Waals surface area (Å²) >= 11 is 0. The highest BCUT2D eigenvalue weighted by atomic mass is 16.7. The van der Waals surface area contributed by atoms with Crippen molar-refractivity contribution in [2.24, 2.45) is 0 Å². The van der Waals surface area contributed by atoms with E-state index < -0.39 is 12.3 Å². The predicted molar refractivity (Wildman–Crippen MR) is 114 cm³/mol. The van der Waals surface area contributed by atoms with Crippen molar-refractivity contribution >= 4 is 23.1 Å². The van der Waals surface area contributed by atoms with E-state index in [4.69, 9.17) is 24.9 Å². The standard InChI is InChI=1S/C23H16O3.CH2O3/c24-23(25)26-22-8-4-3-7-21(22)18-12-9-17(10-13-18)20-14-11-16-5-1-2-6-19(16)15-20;2-1(3)4/h1-15H,(H,24,25);(H2,2,3,4). The SMILES string of the molecule is O=C(O)O.O=C(O)Oc1ccccc1-c1ccc(-c2ccc3ccccc3c2)cc1. The third-order valence-corrected chi connectivity index (χ3v) is 4.36. The van der Waals surface area contributed by atoms with Gasteiger partial charge in [-0.3, -0.25) is 0 Å². The largest absolute Gasteiger partial charge is 0.511 e. The number of para-hydroxylation sites is 1. The highest BCUT2D eigenvalue weighted by Crippen LogP contribution is 2.32. The molecule has 0 spiro atoms. The van der Waals surface area contributed by atoms with Crippen molar-refractivity contribution in [3.63, 3.8) is 0 Å². The molecule has 3 N–H and O–H groups in total. The van der Waals surface area contributed by atoms with Gasteiger partial charge in [0.25, 0.3) is 0 Å². The molecule has 6 nitrogen and oxygen atoms in total. The van der Waals surface area contributed by atoms with Gasteiger partial charge in [-0.25, -0.2) is 9.59 Å². The van der Waals surface area contributed by atoms with E-state index in [1.54, 1.807) is 12.1 Å². The number of rotatable bonds is 3. The molecule has 0 saturated heterocycles. The van der Waals surface area contributed by atoms with Gasteiger partial charge in [0.2, 0.25) is 0 Å². The summed E-state index contributed by atoms with van der Waals surface area (Å²) in [5, 5.41) is 25.3. The predicted octanol–water partition coefficient (Wildman–Crippen LogP) is 6.45. The van der Waals surface area contributed by atoms with Gasteiger partial charge < -0.3 is 20.1 Å². The molecule has 0 saturated carbocycles. The van der Waals surface area contributed by atoms with Crippen LogP contribution in [0.15, 0.2) is 91.0 Å². The molecule has 0 aromatic heterocycles. The monoisotopic (exact) mass is 402 g/mol. The molecule has 0 atom stereocenters. The van der Waals surface area contributed by atoms with E-state index >= 15 is 0 Å². The van der Waals surface area contributed by atoms with E-state index in [1.807, 2.05) is 48.5 Å². The van der Waals surface area contributed by atoms with Crippen LogP contribution in [-0.4, -0.2) is 27.6 Å². The van der Waals surface area contributed by atoms with Gasteiger partial charge in [-0.15, -0.1) is 0 Å². The first-order valence-electron chi connectivity index (χ1n) is 8.95. The van der Waals surface area contributed by atoms with Gasteiger partial charge in [0.1, 0.15) is 5.75 Å². The van der Waals surface area contributed by atoms with Crippen molar-refractivity contribution in [3.8, 4) is 28.0 Å². The van der Waals surface area contributed by atoms with Crippen LogP contribution in [0.3, 0.4) is 0 Å². The molecule has 0 fully saturated rings. The lowest BCUT2D eigenvalue weighted by Gasteiger charge is -2.09. The zero-order chi connectivity index (χ0) is 21.5. The number of carboxylic acid groups (broad SMARTS) is 3. The molecule has 0 heterocycles. The molecule has 30 heavy (non-hydrogen) atoms. The van der Waals surface area contributed by atoms with E-state index in [2.05, 4.69) is 30.3 Å². The molecule has 0 bridgehead atoms. The van der Waals surface area contributed by atoms with Crippen LogP contribution in [0.1, 0.15) is 0 Å². The second-order valence-electron chi connectivity index (χ2n) is 6.29. The van der Waals surface area contributed by atoms with Crippen molar-refractivity contribution in [2.45, 2.75) is 0 Å². The maximum Gasteiger partial charge on any atom is 0.511 e. The van der Waals surface area contributed by atoms with Crippen LogP contribution >= 0.6 is 0 Å². The Morgan fingerprint density at radius 3 is 1.80 bits per heavy atom. The molecule has 150 valence electrons. The maximum absolute atomic E-state index is 10.9. The van der Waals surface area contributed by atoms with Crippen molar-refractivity contribution in [1.82, 2.24) is 0 Å². The summed E-state index contributed by atoms with van der Waals surface area (Å²) in [5.41, 5.74) is 3.91. The zero-order valence-corrected chi connectivity index (χ0v) is 15.7. The Hall–Kier alpha value is -4.32. The highest BCUT2D eigenvalue weighted by Gasteiger charge is 2.09. The van der Waals surface area contributed by atoms with Gasteiger partial charge >= 0.3 is 12.3 Å². The third-order valence-electron chi connectivity index (χ3n) is 4.36. The second kappa shape index (κ2) is 9.25. The Balaban J connectivity index is 0.000000589. The summed E-state index contributed by atoms with van der Waals surface area (Å²) in [5.74, 6) is 0.332. The number of ether oxygens (including phenoxy) is 1. The van der Waals surface area contributed by atoms with Crippen molar-refractivity contribution in [1.29, 1.82) is 0 Å². The van der Waals surface area contributed by atoms with Crippen molar-refractivity contribution < 1.29 is 29.6 Å². The second-order valence-corrected chi connectivity index (χ2v) is 6.29. The molecule has 4 aromatic carbocycles. The topological polar surface area (TPSA) is 104 Å². The van der Waals surface area contributed by atoms with E-state index in [0.717, 1.165) is 22.3 Å². The Bertz CT molecular complexity index is 1180. The first kappa shape index (κ1) is 20.4. The Morgan fingerprint density at radius 1 is 0.600 bits per heavy atom. The minimum Gasteiger partial charge on any atom is -0.450 e. The molecule has 0 unspecified atom stereocenters. The van der Waals surface area contributed by atoms with Crippen LogP contribution in [0.25, 0.3) is 33.0 Å². The smallest absolute Gasteiger partial charge is 0.450 e. The molecule has 0 aliphatic rings. The number of carbonyl (C=O) groups is 2. The summed E-state index contributed by atoms with van der Waals surface area (Å²) in [6, 6.07) is 29.8. The Labute approximate surface area is 172 Å². The number of fused-ring (bicyclic) bond motifs is 1. The molecule has 6 heteroatoms. The van der Waals surface area contributed by atoms with Crippen molar-refractivity contribution in [2.75, 3.05) is 0 Å². The van der Waals surface area contributed by atoms with Crippen LogP contribution in [0.4, 0.5) is 9.59 Å². The van der Waals surface area contributed by atoms with Gasteiger partial charge in [-0.1, -0.05) is 78.9 Å². The fraction of sp³-hybridized carbons (Fsp3) is 0. The minimum absolute atomic E-state index is 0.332. The van der Waals surface area contributed by atoms with E-state index in [9.17, 15) is 4.79 Å². The van der Waals surface area contributed by atoms with E-state index in [1.165, 1.54) is 10.8 Å². The molecule has 0 radical (unpaired) electrons. The Kier molecular flexibility index (Phi) is 6.29. The fourth-order valence-electron chi connectivity index (χ4n) is 3.10. The normalized spacial score (nSPS) is 10.0. The third kappa shape index (κ3) is 5.14. The van der Waals surface area contributed by atoms with Gasteiger partial charge in [-0.2, -0.15) is 0 Å². The van der Waals surface area contributed by atoms with E-state index in [0.29, 0.717) is 5.75 Å². The lowest BCUT2D eigenvalue weighted by molar-refractivity contribution is 0.136. The molecule has 4 aromatic rings. The summed E-state index contributed by atoms with van der Waals surface area (Å²) in [7, 11) is 0. The van der Waals surface area contributed by atoms with Crippen LogP contribution < -0.4 is 4.74 Å². The minimum atomic E-state index is -1.83. The number of hydrogen-bond acceptors (Lipinski definition) is 3. The number of hydrogen-bond donors (Lipinski definition) is 3. The quantitative estimate of drug-likeness (QED) is 0.269. The molecule has 4 rings (SSSR count). The lowest BCUT2D eigenvalue weighted by atomic mass is 9.98. The average Bonchev–Trinajstić information content (AvgIpc) is 2.73. The molecular formula is C24H18O6. The summed E-state index contributed by atoms with van der Waals surface area (Å²) in [6.07, 6.45) is -3.15. The first-order valence-corrected chi connectivity index (χ1v) is 8.95. The first-order chi connectivity index (χ1) is 14.4. The number of benzene rings is 4. The van der Waals surface area contributed by atoms with Crippen molar-refractivity contribution in [3.05, 3.63) is 91.0 Å². The lowest BCUT2D eigenvalue weighted by Crippen LogP contribution is -2.03. The molecule has 0 aliphatic heterocycles.